The average Bonchev–Trinajstić information content (AvgIpc) is 2.91. The first kappa shape index (κ1) is 37.1. The van der Waals surface area contributed by atoms with Crippen molar-refractivity contribution in [1.82, 2.24) is 0 Å². The van der Waals surface area contributed by atoms with Gasteiger partial charge in [0.1, 0.15) is 31.0 Å². The molecule has 0 spiro atoms. The minimum atomic E-state index is -1.62. The van der Waals surface area contributed by atoms with Crippen LogP contribution < -0.4 is 0 Å². The van der Waals surface area contributed by atoms with Gasteiger partial charge < -0.3 is 45.6 Å². The van der Waals surface area contributed by atoms with E-state index in [1.807, 2.05) is 0 Å². The molecule has 10 heteroatoms. The van der Waals surface area contributed by atoms with E-state index in [0.29, 0.717) is 6.42 Å². The molecule has 0 aromatic heterocycles. The molecule has 7 atom stereocenters. The summed E-state index contributed by atoms with van der Waals surface area (Å²) in [6, 6.07) is 0. The lowest BCUT2D eigenvalue weighted by atomic mass is 9.98. The molecule has 0 fully saturated rings. The van der Waals surface area contributed by atoms with Gasteiger partial charge in [-0.15, -0.1) is 0 Å². The van der Waals surface area contributed by atoms with Gasteiger partial charge in [0.05, 0.1) is 24.9 Å². The Balaban J connectivity index is 3.75. The third-order valence-corrected chi connectivity index (χ3v) is 7.00. The van der Waals surface area contributed by atoms with Crippen molar-refractivity contribution in [3.8, 4) is 0 Å². The lowest BCUT2D eigenvalue weighted by molar-refractivity contribution is -0.152. The van der Waals surface area contributed by atoms with Crippen LogP contribution in [-0.2, 0) is 9.53 Å². The van der Waals surface area contributed by atoms with Crippen LogP contribution in [0.15, 0.2) is 0 Å². The van der Waals surface area contributed by atoms with E-state index >= 15 is 0 Å². The van der Waals surface area contributed by atoms with E-state index < -0.39 is 55.8 Å². The molecule has 0 heterocycles. The SMILES string of the molecule is CCCCCC[C@@H](O)CCCCCCCCCCC(=O)OC[C@H](O)[C@@H](O)[C@H](O)CC[C@@H](O)[C@H](O)[C@@H](O)CO. The molecule has 0 amide bonds. The number of hydrogen-bond donors (Lipinski definition) is 8. The van der Waals surface area contributed by atoms with Crippen molar-refractivity contribution >= 4 is 5.97 Å². The predicted octanol–water partition coefficient (Wildman–Crippen LogP) is 1.70. The summed E-state index contributed by atoms with van der Waals surface area (Å²) in [6.07, 6.45) is 5.30. The molecule has 0 saturated heterocycles. The molecule has 0 bridgehead atoms. The number of aliphatic hydroxyl groups excluding tert-OH is 8. The molecule has 0 aromatic rings. The van der Waals surface area contributed by atoms with Crippen LogP contribution in [0.25, 0.3) is 0 Å². The normalized spacial score (nSPS) is 17.4. The molecule has 0 rings (SSSR count). The Kier molecular flexibility index (Phi) is 23.5. The average molecular weight is 553 g/mol. The van der Waals surface area contributed by atoms with Crippen LogP contribution in [0.4, 0.5) is 0 Å². The van der Waals surface area contributed by atoms with Crippen LogP contribution in [0.2, 0.25) is 0 Å². The van der Waals surface area contributed by atoms with Crippen molar-refractivity contribution in [3.05, 3.63) is 0 Å². The Morgan fingerprint density at radius 2 is 1.03 bits per heavy atom. The summed E-state index contributed by atoms with van der Waals surface area (Å²) >= 11 is 0. The molecule has 0 radical (unpaired) electrons. The Hall–Kier alpha value is -0.850. The van der Waals surface area contributed by atoms with Gasteiger partial charge in [-0.25, -0.2) is 0 Å². The van der Waals surface area contributed by atoms with Crippen molar-refractivity contribution < 1.29 is 50.4 Å². The third-order valence-electron chi connectivity index (χ3n) is 7.00. The van der Waals surface area contributed by atoms with Gasteiger partial charge >= 0.3 is 5.97 Å². The fourth-order valence-corrected chi connectivity index (χ4v) is 4.31. The number of esters is 1. The molecule has 8 N–H and O–H groups in total. The standard InChI is InChI=1S/C28H56O10/c1-2-3-4-11-14-21(30)15-12-9-7-5-6-8-10-13-16-26(35)38-20-25(34)28(37)23(32)18-17-22(31)27(36)24(33)19-29/h21-25,27-34,36-37H,2-20H2,1H3/t21-,22-,23-,24+,25+,27+,28+/m1/s1. The highest BCUT2D eigenvalue weighted by molar-refractivity contribution is 5.69. The summed E-state index contributed by atoms with van der Waals surface area (Å²) in [5, 5.41) is 77.4. The fraction of sp³-hybridized carbons (Fsp3) is 0.964. The first-order valence-electron chi connectivity index (χ1n) is 14.7. The monoisotopic (exact) mass is 552 g/mol. The topological polar surface area (TPSA) is 188 Å². The van der Waals surface area contributed by atoms with E-state index in [0.717, 1.165) is 64.2 Å². The number of carbonyl (C=O) groups excluding carboxylic acids is 1. The highest BCUT2D eigenvalue weighted by atomic mass is 16.5. The second-order valence-corrected chi connectivity index (χ2v) is 10.6. The van der Waals surface area contributed by atoms with Gasteiger partial charge in [-0.3, -0.25) is 4.79 Å². The largest absolute Gasteiger partial charge is 0.463 e. The van der Waals surface area contributed by atoms with E-state index in [-0.39, 0.29) is 25.4 Å². The van der Waals surface area contributed by atoms with E-state index in [1.165, 1.54) is 19.3 Å². The zero-order chi connectivity index (χ0) is 28.8. The minimum Gasteiger partial charge on any atom is -0.463 e. The van der Waals surface area contributed by atoms with Crippen LogP contribution in [0.5, 0.6) is 0 Å². The Bertz CT molecular complexity index is 550. The lowest BCUT2D eigenvalue weighted by Crippen LogP contribution is -2.43. The molecule has 0 aromatic carbocycles. The summed E-state index contributed by atoms with van der Waals surface area (Å²) in [5.41, 5.74) is 0. The molecule has 0 saturated carbocycles. The van der Waals surface area contributed by atoms with Crippen LogP contribution >= 0.6 is 0 Å². The number of aliphatic hydroxyl groups is 8. The Labute approximate surface area is 228 Å². The van der Waals surface area contributed by atoms with Crippen molar-refractivity contribution in [2.24, 2.45) is 0 Å². The van der Waals surface area contributed by atoms with E-state index in [4.69, 9.17) is 9.84 Å². The van der Waals surface area contributed by atoms with E-state index in [1.54, 1.807) is 0 Å². The summed E-state index contributed by atoms with van der Waals surface area (Å²) in [6.45, 7) is 0.976. The highest BCUT2D eigenvalue weighted by Crippen LogP contribution is 2.15. The molecule has 38 heavy (non-hydrogen) atoms. The number of hydrogen-bond acceptors (Lipinski definition) is 10. The van der Waals surface area contributed by atoms with Gasteiger partial charge in [0.15, 0.2) is 0 Å². The van der Waals surface area contributed by atoms with Crippen molar-refractivity contribution in [2.75, 3.05) is 13.2 Å². The predicted molar refractivity (Wildman–Crippen MR) is 144 cm³/mol. The van der Waals surface area contributed by atoms with Gasteiger partial charge in [-0.05, 0) is 32.1 Å². The molecule has 0 aliphatic heterocycles. The smallest absolute Gasteiger partial charge is 0.305 e. The van der Waals surface area contributed by atoms with Gasteiger partial charge in [0.2, 0.25) is 0 Å². The first-order valence-corrected chi connectivity index (χ1v) is 14.7. The zero-order valence-electron chi connectivity index (χ0n) is 23.4. The number of unbranched alkanes of at least 4 members (excludes halogenated alkanes) is 10. The van der Waals surface area contributed by atoms with Crippen molar-refractivity contribution in [1.29, 1.82) is 0 Å². The quantitative estimate of drug-likeness (QED) is 0.0579. The molecule has 228 valence electrons. The van der Waals surface area contributed by atoms with Gasteiger partial charge in [0.25, 0.3) is 0 Å². The van der Waals surface area contributed by atoms with Gasteiger partial charge in [-0.1, -0.05) is 77.6 Å². The summed E-state index contributed by atoms with van der Waals surface area (Å²) in [4.78, 5) is 11.9. The van der Waals surface area contributed by atoms with Crippen LogP contribution in [0.3, 0.4) is 0 Å². The maximum atomic E-state index is 11.9. The lowest BCUT2D eigenvalue weighted by Gasteiger charge is -2.25. The third kappa shape index (κ3) is 19.2. The Morgan fingerprint density at radius 3 is 1.53 bits per heavy atom. The summed E-state index contributed by atoms with van der Waals surface area (Å²) in [5.74, 6) is -0.490. The van der Waals surface area contributed by atoms with E-state index in [9.17, 15) is 40.5 Å². The molecule has 0 aliphatic rings. The second-order valence-electron chi connectivity index (χ2n) is 10.6. The molecular formula is C28H56O10. The number of rotatable bonds is 26. The summed E-state index contributed by atoms with van der Waals surface area (Å²) < 4.78 is 4.98. The van der Waals surface area contributed by atoms with E-state index in [2.05, 4.69) is 6.92 Å². The van der Waals surface area contributed by atoms with Crippen LogP contribution in [-0.4, -0.2) is 103 Å². The summed E-state index contributed by atoms with van der Waals surface area (Å²) in [7, 11) is 0. The van der Waals surface area contributed by atoms with Gasteiger partial charge in [-0.2, -0.15) is 0 Å². The molecular weight excluding hydrogens is 496 g/mol. The highest BCUT2D eigenvalue weighted by Gasteiger charge is 2.29. The van der Waals surface area contributed by atoms with Gasteiger partial charge in [0, 0.05) is 6.42 Å². The van der Waals surface area contributed by atoms with Crippen LogP contribution in [0.1, 0.15) is 116 Å². The second kappa shape index (κ2) is 24.0. The molecule has 10 nitrogen and oxygen atoms in total. The van der Waals surface area contributed by atoms with Crippen molar-refractivity contribution in [2.45, 2.75) is 159 Å². The van der Waals surface area contributed by atoms with Crippen LogP contribution in [0, 0.1) is 0 Å². The molecule has 0 unspecified atom stereocenters. The minimum absolute atomic E-state index is 0.159. The van der Waals surface area contributed by atoms with Crippen molar-refractivity contribution in [3.63, 3.8) is 0 Å². The first-order chi connectivity index (χ1) is 18.1. The Morgan fingerprint density at radius 1 is 0.579 bits per heavy atom. The maximum Gasteiger partial charge on any atom is 0.305 e. The zero-order valence-corrected chi connectivity index (χ0v) is 23.4. The number of carbonyl (C=O) groups is 1. The number of ether oxygens (including phenoxy) is 1. The molecule has 0 aliphatic carbocycles. The fourth-order valence-electron chi connectivity index (χ4n) is 4.31. The maximum absolute atomic E-state index is 11.9.